The smallest absolute Gasteiger partial charge is 0.0895 e. The van der Waals surface area contributed by atoms with Crippen LogP contribution in [0.1, 0.15) is 5.56 Å². The topological polar surface area (TPSA) is 78.5 Å². The monoisotopic (exact) mass is 352 g/mol. The Hall–Kier alpha value is -0.140. The molecule has 0 aliphatic rings. The Labute approximate surface area is 111 Å². The van der Waals surface area contributed by atoms with Gasteiger partial charge in [0.25, 0.3) is 0 Å². The highest BCUT2D eigenvalue weighted by atomic mass is 79.9. The van der Waals surface area contributed by atoms with Crippen LogP contribution in [0.3, 0.4) is 0 Å². The highest BCUT2D eigenvalue weighted by Gasteiger charge is 2.06. The van der Waals surface area contributed by atoms with Gasteiger partial charge in [-0.2, -0.15) is 0 Å². The molecular weight excluding hydrogens is 340 g/mol. The average Bonchev–Trinajstić information content (AvgIpc) is 2.24. The van der Waals surface area contributed by atoms with Gasteiger partial charge in [-0.05, 0) is 33.6 Å². The van der Waals surface area contributed by atoms with Crippen molar-refractivity contribution in [1.82, 2.24) is 5.32 Å². The van der Waals surface area contributed by atoms with Gasteiger partial charge in [0, 0.05) is 22.0 Å². The lowest BCUT2D eigenvalue weighted by atomic mass is 10.2. The summed E-state index contributed by atoms with van der Waals surface area (Å²) in [4.78, 5) is 0. The third kappa shape index (κ3) is 4.03. The molecule has 1 aromatic rings. The molecule has 0 saturated heterocycles. The summed E-state index contributed by atoms with van der Waals surface area (Å²) < 4.78 is 1.77. The predicted molar refractivity (Wildman–Crippen MR) is 71.1 cm³/mol. The third-order valence-electron chi connectivity index (χ3n) is 2.09. The van der Waals surface area contributed by atoms with E-state index >= 15 is 0 Å². The van der Waals surface area contributed by atoms with E-state index in [1.807, 2.05) is 12.1 Å². The molecule has 6 heteroatoms. The number of aliphatic hydroxyl groups excluding tert-OH is 2. The van der Waals surface area contributed by atoms with Gasteiger partial charge in [-0.3, -0.25) is 0 Å². The van der Waals surface area contributed by atoms with E-state index in [-0.39, 0.29) is 6.61 Å². The summed E-state index contributed by atoms with van der Waals surface area (Å²) in [6, 6.07) is 3.79. The molecule has 0 heterocycles. The normalized spacial score (nSPS) is 12.8. The summed E-state index contributed by atoms with van der Waals surface area (Å²) in [5.74, 6) is 0. The molecule has 1 rings (SSSR count). The van der Waals surface area contributed by atoms with Gasteiger partial charge in [0.1, 0.15) is 0 Å². The zero-order valence-electron chi connectivity index (χ0n) is 8.58. The summed E-state index contributed by atoms with van der Waals surface area (Å²) in [7, 11) is 0. The fourth-order valence-corrected chi connectivity index (χ4v) is 2.54. The minimum atomic E-state index is -0.739. The molecule has 90 valence electrons. The Balaban J connectivity index is 2.60. The first-order valence-electron chi connectivity index (χ1n) is 4.77. The maximum absolute atomic E-state index is 9.15. The Bertz CT molecular complexity index is 361. The second kappa shape index (κ2) is 6.56. The number of hydrogen-bond donors (Lipinski definition) is 4. The summed E-state index contributed by atoms with van der Waals surface area (Å²) in [6.45, 7) is 0.631. The number of rotatable bonds is 5. The van der Waals surface area contributed by atoms with Crippen molar-refractivity contribution in [3.8, 4) is 0 Å². The second-order valence-corrected chi connectivity index (χ2v) is 5.20. The lowest BCUT2D eigenvalue weighted by Crippen LogP contribution is -2.29. The van der Waals surface area contributed by atoms with Gasteiger partial charge in [-0.25, -0.2) is 0 Å². The van der Waals surface area contributed by atoms with Crippen molar-refractivity contribution in [2.24, 2.45) is 0 Å². The highest BCUT2D eigenvalue weighted by Crippen LogP contribution is 2.27. The van der Waals surface area contributed by atoms with E-state index in [1.165, 1.54) is 0 Å². The Morgan fingerprint density at radius 1 is 1.38 bits per heavy atom. The van der Waals surface area contributed by atoms with Gasteiger partial charge in [0.2, 0.25) is 0 Å². The average molecular weight is 354 g/mol. The van der Waals surface area contributed by atoms with E-state index in [9.17, 15) is 0 Å². The molecule has 0 radical (unpaired) electrons. The van der Waals surface area contributed by atoms with Gasteiger partial charge in [0.15, 0.2) is 0 Å². The van der Waals surface area contributed by atoms with Crippen LogP contribution < -0.4 is 11.1 Å². The first-order chi connectivity index (χ1) is 7.54. The first kappa shape index (κ1) is 13.9. The van der Waals surface area contributed by atoms with E-state index in [4.69, 9.17) is 15.9 Å². The van der Waals surface area contributed by atoms with Crippen LogP contribution in [0.4, 0.5) is 5.69 Å². The van der Waals surface area contributed by atoms with Crippen LogP contribution in [0.25, 0.3) is 0 Å². The van der Waals surface area contributed by atoms with E-state index < -0.39 is 6.10 Å². The van der Waals surface area contributed by atoms with Crippen molar-refractivity contribution >= 4 is 37.5 Å². The second-order valence-electron chi connectivity index (χ2n) is 3.43. The highest BCUT2D eigenvalue weighted by molar-refractivity contribution is 9.11. The molecule has 5 N–H and O–H groups in total. The molecule has 0 aliphatic carbocycles. The first-order valence-corrected chi connectivity index (χ1v) is 6.36. The van der Waals surface area contributed by atoms with Crippen LogP contribution in [0.15, 0.2) is 21.1 Å². The van der Waals surface area contributed by atoms with Gasteiger partial charge >= 0.3 is 0 Å². The summed E-state index contributed by atoms with van der Waals surface area (Å²) in [5, 5.41) is 20.8. The summed E-state index contributed by atoms with van der Waals surface area (Å²) >= 11 is 6.74. The fourth-order valence-electron chi connectivity index (χ4n) is 1.22. The minimum absolute atomic E-state index is 0.245. The molecule has 4 nitrogen and oxygen atoms in total. The minimum Gasteiger partial charge on any atom is -0.398 e. The number of anilines is 1. The zero-order valence-corrected chi connectivity index (χ0v) is 11.8. The van der Waals surface area contributed by atoms with Crippen LogP contribution in [0.5, 0.6) is 0 Å². The number of hydrogen-bond acceptors (Lipinski definition) is 4. The molecular formula is C10H14Br2N2O2. The predicted octanol–water partition coefficient (Wildman–Crippen LogP) is 1.24. The Morgan fingerprint density at radius 3 is 2.69 bits per heavy atom. The number of nitrogen functional groups attached to an aromatic ring is 1. The van der Waals surface area contributed by atoms with E-state index in [2.05, 4.69) is 37.2 Å². The molecule has 0 unspecified atom stereocenters. The van der Waals surface area contributed by atoms with Crippen LogP contribution >= 0.6 is 31.9 Å². The molecule has 0 fully saturated rings. The van der Waals surface area contributed by atoms with E-state index in [0.717, 1.165) is 14.5 Å². The quantitative estimate of drug-likeness (QED) is 0.600. The lowest BCUT2D eigenvalue weighted by Gasteiger charge is -2.12. The number of aliphatic hydroxyl groups is 2. The lowest BCUT2D eigenvalue weighted by molar-refractivity contribution is 0.0942. The van der Waals surface area contributed by atoms with Crippen molar-refractivity contribution in [3.05, 3.63) is 26.6 Å². The van der Waals surface area contributed by atoms with Crippen LogP contribution in [-0.4, -0.2) is 29.5 Å². The molecule has 1 atom stereocenters. The number of benzene rings is 1. The Kier molecular flexibility index (Phi) is 5.71. The zero-order chi connectivity index (χ0) is 12.1. The summed E-state index contributed by atoms with van der Waals surface area (Å²) in [6.07, 6.45) is -0.739. The van der Waals surface area contributed by atoms with Crippen molar-refractivity contribution in [2.45, 2.75) is 12.6 Å². The van der Waals surface area contributed by atoms with Crippen LogP contribution in [0, 0.1) is 0 Å². The molecule has 16 heavy (non-hydrogen) atoms. The molecule has 1 aromatic carbocycles. The molecule has 0 aliphatic heterocycles. The SMILES string of the molecule is Nc1c(Br)cc(Br)cc1CNC[C@@H](O)CO. The van der Waals surface area contributed by atoms with E-state index in [0.29, 0.717) is 18.8 Å². The standard InChI is InChI=1S/C10H14Br2N2O2/c11-7-1-6(10(13)9(12)2-7)3-14-4-8(16)5-15/h1-2,8,14-16H,3-5,13H2/t8-/m1/s1. The van der Waals surface area contributed by atoms with E-state index in [1.54, 1.807) is 0 Å². The third-order valence-corrected chi connectivity index (χ3v) is 3.20. The van der Waals surface area contributed by atoms with Crippen molar-refractivity contribution < 1.29 is 10.2 Å². The number of nitrogens with one attached hydrogen (secondary N) is 1. The Morgan fingerprint density at radius 2 is 2.06 bits per heavy atom. The molecule has 0 amide bonds. The molecule has 0 bridgehead atoms. The van der Waals surface area contributed by atoms with Gasteiger partial charge in [-0.15, -0.1) is 0 Å². The van der Waals surface area contributed by atoms with Crippen LogP contribution in [0.2, 0.25) is 0 Å². The van der Waals surface area contributed by atoms with Gasteiger partial charge < -0.3 is 21.3 Å². The fraction of sp³-hybridized carbons (Fsp3) is 0.400. The number of halogens is 2. The molecule has 0 spiro atoms. The molecule has 0 saturated carbocycles. The van der Waals surface area contributed by atoms with Crippen molar-refractivity contribution in [1.29, 1.82) is 0 Å². The maximum atomic E-state index is 9.15. The van der Waals surface area contributed by atoms with Crippen molar-refractivity contribution in [2.75, 3.05) is 18.9 Å². The van der Waals surface area contributed by atoms with Gasteiger partial charge in [0.05, 0.1) is 18.4 Å². The molecule has 0 aromatic heterocycles. The maximum Gasteiger partial charge on any atom is 0.0895 e. The number of nitrogens with two attached hydrogens (primary N) is 1. The summed E-state index contributed by atoms with van der Waals surface area (Å²) in [5.41, 5.74) is 7.49. The van der Waals surface area contributed by atoms with Crippen LogP contribution in [-0.2, 0) is 6.54 Å². The largest absolute Gasteiger partial charge is 0.398 e. The van der Waals surface area contributed by atoms with Crippen molar-refractivity contribution in [3.63, 3.8) is 0 Å². The van der Waals surface area contributed by atoms with Gasteiger partial charge in [-0.1, -0.05) is 15.9 Å².